The average molecular weight is 301 g/mol. The molecule has 1 N–H and O–H groups in total. The summed E-state index contributed by atoms with van der Waals surface area (Å²) in [5.74, 6) is 0. The van der Waals surface area contributed by atoms with Crippen molar-refractivity contribution in [2.75, 3.05) is 6.54 Å². The lowest BCUT2D eigenvalue weighted by molar-refractivity contribution is 0.426. The zero-order chi connectivity index (χ0) is 12.0. The summed E-state index contributed by atoms with van der Waals surface area (Å²) >= 11 is 5.19. The molecule has 0 aliphatic rings. The van der Waals surface area contributed by atoms with E-state index in [0.29, 0.717) is 0 Å². The van der Waals surface area contributed by atoms with Crippen molar-refractivity contribution in [3.05, 3.63) is 20.8 Å². The Morgan fingerprint density at radius 3 is 2.88 bits per heavy atom. The number of hydrogen-bond donors (Lipinski definition) is 1. The van der Waals surface area contributed by atoms with E-state index in [1.165, 1.54) is 4.88 Å². The number of nitrogens with one attached hydrogen (secondary N) is 1. The topological polar surface area (TPSA) is 35.8 Å². The Morgan fingerprint density at radius 2 is 2.31 bits per heavy atom. The predicted molar refractivity (Wildman–Crippen MR) is 72.4 cm³/mol. The van der Waals surface area contributed by atoms with Crippen LogP contribution in [0.1, 0.15) is 31.6 Å². The molecule has 0 saturated carbocycles. The first-order chi connectivity index (χ1) is 7.53. The first-order valence-corrected chi connectivity index (χ1v) is 7.06. The lowest BCUT2D eigenvalue weighted by Gasteiger charge is -2.14. The third kappa shape index (κ3) is 5.11. The van der Waals surface area contributed by atoms with Crippen LogP contribution in [0.4, 0.5) is 0 Å². The molecule has 0 unspecified atom stereocenters. The monoisotopic (exact) mass is 300 g/mol. The van der Waals surface area contributed by atoms with Crippen molar-refractivity contribution in [3.63, 3.8) is 0 Å². The summed E-state index contributed by atoms with van der Waals surface area (Å²) in [6, 6.07) is 4.46. The fourth-order valence-electron chi connectivity index (χ4n) is 1.37. The van der Waals surface area contributed by atoms with E-state index in [-0.39, 0.29) is 5.41 Å². The Balaban J connectivity index is 2.11. The molecule has 88 valence electrons. The summed E-state index contributed by atoms with van der Waals surface area (Å²) < 4.78 is 1.15. The number of nitrogens with zero attached hydrogens (tertiary/aromatic N) is 1. The van der Waals surface area contributed by atoms with Crippen molar-refractivity contribution in [3.8, 4) is 6.07 Å². The zero-order valence-electron chi connectivity index (χ0n) is 9.72. The van der Waals surface area contributed by atoms with Gasteiger partial charge < -0.3 is 5.32 Å². The van der Waals surface area contributed by atoms with Crippen molar-refractivity contribution in [2.45, 2.75) is 33.2 Å². The second kappa shape index (κ2) is 6.39. The van der Waals surface area contributed by atoms with Crippen molar-refractivity contribution in [2.24, 2.45) is 5.41 Å². The van der Waals surface area contributed by atoms with Crippen LogP contribution >= 0.6 is 27.3 Å². The highest BCUT2D eigenvalue weighted by atomic mass is 79.9. The molecule has 0 bridgehead atoms. The largest absolute Gasteiger partial charge is 0.312 e. The molecule has 0 aliphatic carbocycles. The standard InChI is InChI=1S/C12H17BrN2S/c1-12(2,9-14)4-3-5-15-7-11-6-10(13)8-16-11/h6,8,15H,3-5,7H2,1-2H3. The van der Waals surface area contributed by atoms with Gasteiger partial charge in [0.2, 0.25) is 0 Å². The van der Waals surface area contributed by atoms with Crippen LogP contribution in [0.25, 0.3) is 0 Å². The number of hydrogen-bond acceptors (Lipinski definition) is 3. The lowest BCUT2D eigenvalue weighted by Crippen LogP contribution is -2.17. The highest BCUT2D eigenvalue weighted by Crippen LogP contribution is 2.21. The molecule has 0 saturated heterocycles. The summed E-state index contributed by atoms with van der Waals surface area (Å²) in [7, 11) is 0. The number of halogens is 1. The van der Waals surface area contributed by atoms with E-state index < -0.39 is 0 Å². The van der Waals surface area contributed by atoms with Gasteiger partial charge in [-0.05, 0) is 55.2 Å². The van der Waals surface area contributed by atoms with E-state index in [4.69, 9.17) is 5.26 Å². The number of thiophene rings is 1. The molecule has 1 aromatic heterocycles. The summed E-state index contributed by atoms with van der Waals surface area (Å²) in [5, 5.41) is 14.3. The Labute approximate surface area is 110 Å². The van der Waals surface area contributed by atoms with Gasteiger partial charge in [-0.1, -0.05) is 0 Å². The number of rotatable bonds is 6. The first kappa shape index (κ1) is 13.7. The van der Waals surface area contributed by atoms with Gasteiger partial charge in [-0.2, -0.15) is 5.26 Å². The summed E-state index contributed by atoms with van der Waals surface area (Å²) in [4.78, 5) is 1.34. The van der Waals surface area contributed by atoms with E-state index in [1.54, 1.807) is 11.3 Å². The van der Waals surface area contributed by atoms with Crippen molar-refractivity contribution >= 4 is 27.3 Å². The van der Waals surface area contributed by atoms with Gasteiger partial charge in [0.05, 0.1) is 11.5 Å². The summed E-state index contributed by atoms with van der Waals surface area (Å²) in [5.41, 5.74) is -0.187. The maximum atomic E-state index is 8.86. The third-order valence-corrected chi connectivity index (χ3v) is 4.08. The van der Waals surface area contributed by atoms with Gasteiger partial charge in [0.15, 0.2) is 0 Å². The molecule has 0 aliphatic heterocycles. The van der Waals surface area contributed by atoms with Crippen LogP contribution in [0.3, 0.4) is 0 Å². The van der Waals surface area contributed by atoms with Crippen LogP contribution in [-0.2, 0) is 6.54 Å². The Kier molecular flexibility index (Phi) is 5.47. The van der Waals surface area contributed by atoms with Gasteiger partial charge >= 0.3 is 0 Å². The molecule has 0 fully saturated rings. The van der Waals surface area contributed by atoms with E-state index in [2.05, 4.69) is 38.8 Å². The molecule has 0 amide bonds. The molecular formula is C12H17BrN2S. The molecule has 16 heavy (non-hydrogen) atoms. The Morgan fingerprint density at radius 1 is 1.56 bits per heavy atom. The first-order valence-electron chi connectivity index (χ1n) is 5.38. The molecule has 0 spiro atoms. The normalized spacial score (nSPS) is 11.4. The quantitative estimate of drug-likeness (QED) is 0.808. The molecular weight excluding hydrogens is 284 g/mol. The minimum Gasteiger partial charge on any atom is -0.312 e. The molecule has 1 heterocycles. The smallest absolute Gasteiger partial charge is 0.0683 e. The van der Waals surface area contributed by atoms with E-state index in [9.17, 15) is 0 Å². The Hall–Kier alpha value is -0.370. The van der Waals surface area contributed by atoms with Gasteiger partial charge in [-0.25, -0.2) is 0 Å². The fraction of sp³-hybridized carbons (Fsp3) is 0.583. The molecule has 0 radical (unpaired) electrons. The lowest BCUT2D eigenvalue weighted by atomic mass is 9.90. The summed E-state index contributed by atoms with van der Waals surface area (Å²) in [6.07, 6.45) is 2.00. The van der Waals surface area contributed by atoms with Crippen molar-refractivity contribution in [1.82, 2.24) is 5.32 Å². The molecule has 2 nitrogen and oxygen atoms in total. The maximum Gasteiger partial charge on any atom is 0.0683 e. The minimum atomic E-state index is -0.187. The highest BCUT2D eigenvalue weighted by Gasteiger charge is 2.15. The van der Waals surface area contributed by atoms with Crippen LogP contribution in [0.5, 0.6) is 0 Å². The van der Waals surface area contributed by atoms with Crippen molar-refractivity contribution in [1.29, 1.82) is 5.26 Å². The van der Waals surface area contributed by atoms with Crippen LogP contribution in [-0.4, -0.2) is 6.54 Å². The van der Waals surface area contributed by atoms with Crippen LogP contribution in [0.2, 0.25) is 0 Å². The van der Waals surface area contributed by atoms with E-state index in [1.807, 2.05) is 13.8 Å². The van der Waals surface area contributed by atoms with Crippen LogP contribution in [0, 0.1) is 16.7 Å². The van der Waals surface area contributed by atoms with Gasteiger partial charge in [0, 0.05) is 21.3 Å². The molecule has 0 aromatic carbocycles. The van der Waals surface area contributed by atoms with Gasteiger partial charge in [-0.3, -0.25) is 0 Å². The third-order valence-electron chi connectivity index (χ3n) is 2.38. The molecule has 1 aromatic rings. The predicted octanol–water partition coefficient (Wildman–Crippen LogP) is 3.93. The average Bonchev–Trinajstić information content (AvgIpc) is 2.64. The Bertz CT molecular complexity index is 365. The minimum absolute atomic E-state index is 0.187. The summed E-state index contributed by atoms with van der Waals surface area (Å²) in [6.45, 7) is 5.87. The van der Waals surface area contributed by atoms with E-state index >= 15 is 0 Å². The second-order valence-electron chi connectivity index (χ2n) is 4.51. The van der Waals surface area contributed by atoms with E-state index in [0.717, 1.165) is 30.4 Å². The fourth-order valence-corrected chi connectivity index (χ4v) is 2.79. The van der Waals surface area contributed by atoms with Gasteiger partial charge in [-0.15, -0.1) is 11.3 Å². The van der Waals surface area contributed by atoms with Crippen LogP contribution in [0.15, 0.2) is 15.9 Å². The second-order valence-corrected chi connectivity index (χ2v) is 6.42. The maximum absolute atomic E-state index is 8.86. The molecule has 4 heteroatoms. The molecule has 1 rings (SSSR count). The zero-order valence-corrected chi connectivity index (χ0v) is 12.1. The van der Waals surface area contributed by atoms with Crippen molar-refractivity contribution < 1.29 is 0 Å². The number of nitriles is 1. The molecule has 0 atom stereocenters. The van der Waals surface area contributed by atoms with Crippen LogP contribution < -0.4 is 5.32 Å². The SMILES string of the molecule is CC(C)(C#N)CCCNCc1cc(Br)cs1. The highest BCUT2D eigenvalue weighted by molar-refractivity contribution is 9.10. The van der Waals surface area contributed by atoms with Gasteiger partial charge in [0.25, 0.3) is 0 Å². The van der Waals surface area contributed by atoms with Gasteiger partial charge in [0.1, 0.15) is 0 Å².